The Morgan fingerprint density at radius 1 is 0.333 bits per heavy atom. The van der Waals surface area contributed by atoms with Crippen LogP contribution in [0.2, 0.25) is 0 Å². The third-order valence-corrected chi connectivity index (χ3v) is 8.44. The van der Waals surface area contributed by atoms with Crippen molar-refractivity contribution >= 4 is 61.8 Å². The Morgan fingerprint density at radius 3 is 0.375 bits per heavy atom. The van der Waals surface area contributed by atoms with Crippen LogP contribution in [-0.4, -0.2) is 0 Å². The van der Waals surface area contributed by atoms with E-state index in [2.05, 4.69) is 118 Å². The normalized spacial score (nSPS) is 21.6. The van der Waals surface area contributed by atoms with E-state index in [1.54, 1.807) is 0 Å². The molecule has 0 bridgehead atoms. The van der Waals surface area contributed by atoms with Crippen molar-refractivity contribution in [3.63, 3.8) is 0 Å². The number of hydrogen-bond acceptors (Lipinski definition) is 0. The zero-order valence-corrected chi connectivity index (χ0v) is 42.1. The van der Waals surface area contributed by atoms with E-state index in [0.717, 1.165) is 0 Å². The fraction of sp³-hybridized carbons (Fsp3) is 0.455. The predicted octanol–water partition coefficient (Wildman–Crippen LogP) is 13.1. The summed E-state index contributed by atoms with van der Waals surface area (Å²) in [6.07, 6.45) is 1.50. The van der Waals surface area contributed by atoms with Crippen LogP contribution in [0.4, 0.5) is 25.2 Å². The van der Waals surface area contributed by atoms with Crippen molar-refractivity contribution < 1.29 is 109 Å². The first-order valence-corrected chi connectivity index (χ1v) is 15.1. The molecule has 48 heavy (non-hydrogen) atoms. The van der Waals surface area contributed by atoms with Crippen LogP contribution >= 0.6 is 7.81 Å². The van der Waals surface area contributed by atoms with Crippen LogP contribution in [0.25, 0.3) is 0 Å². The summed E-state index contributed by atoms with van der Waals surface area (Å²) in [6, 6.07) is 0. The molecule has 0 saturated heterocycles. The zero-order chi connectivity index (χ0) is 32.8. The van der Waals surface area contributed by atoms with E-state index < -0.39 is 7.81 Å². The standard InChI is InChI=1S/3C10H15.C3H5.F6P.3Mo.Pd.4S/c3*1-6-7(2)9(4)10(5)8(6)3;1-3-2;1-7(2,3,4,5)6;;;;;;;;/h3*1-5H3;3H,1-2H2;;;;;;;;;/q;;;;-1;2*+3;+4;;4*-2. The van der Waals surface area contributed by atoms with Gasteiger partial charge in [-0.15, -0.1) is 0 Å². The Labute approximate surface area is 379 Å². The van der Waals surface area contributed by atoms with Crippen LogP contribution in [-0.2, 0) is 138 Å². The van der Waals surface area contributed by atoms with Crippen molar-refractivity contribution in [3.05, 3.63) is 109 Å². The third-order valence-electron chi connectivity index (χ3n) is 8.44. The molecule has 0 atom stereocenters. The molecule has 0 heterocycles. The molecule has 3 aliphatic rings. The molecule has 0 N–H and O–H groups in total. The molecule has 0 nitrogen and oxygen atoms in total. The topological polar surface area (TPSA) is 0 Å². The van der Waals surface area contributed by atoms with Gasteiger partial charge in [-0.25, -0.2) is 0 Å². The fourth-order valence-corrected chi connectivity index (χ4v) is 4.22. The first-order chi connectivity index (χ1) is 17.5. The van der Waals surface area contributed by atoms with Gasteiger partial charge >= 0.3 is 96.2 Å². The van der Waals surface area contributed by atoms with Gasteiger partial charge in [-0.1, -0.05) is 104 Å². The van der Waals surface area contributed by atoms with E-state index in [0.29, 0.717) is 0 Å². The minimum atomic E-state index is -10.7. The van der Waals surface area contributed by atoms with Crippen LogP contribution in [0.15, 0.2) is 0 Å². The summed E-state index contributed by atoms with van der Waals surface area (Å²) in [5.41, 5.74) is 0. The van der Waals surface area contributed by atoms with Gasteiger partial charge in [-0.05, 0) is 109 Å². The zero-order valence-electron chi connectivity index (χ0n) is 30.4. The maximum absolute atomic E-state index is 10.7. The van der Waals surface area contributed by atoms with Gasteiger partial charge in [0.25, 0.3) is 0 Å². The van der Waals surface area contributed by atoms with Crippen molar-refractivity contribution in [3.8, 4) is 0 Å². The van der Waals surface area contributed by atoms with E-state index in [1.165, 1.54) is 95.2 Å². The largest absolute Gasteiger partial charge is 4.00 e. The van der Waals surface area contributed by atoms with Crippen molar-refractivity contribution in [1.29, 1.82) is 0 Å². The third kappa shape index (κ3) is 29.4. The fourth-order valence-electron chi connectivity index (χ4n) is 4.22. The Morgan fingerprint density at radius 2 is 0.354 bits per heavy atom. The summed E-state index contributed by atoms with van der Waals surface area (Å²) in [6.45, 7) is 39.5. The molecule has 15 heteroatoms. The van der Waals surface area contributed by atoms with Crippen LogP contribution in [0, 0.1) is 109 Å². The minimum Gasteiger partial charge on any atom is -2.00 e. The van der Waals surface area contributed by atoms with Gasteiger partial charge in [0.15, 0.2) is 0 Å². The minimum absolute atomic E-state index is 0. The Bertz CT molecular complexity index is 532. The average Bonchev–Trinajstić information content (AvgIpc) is 3.18. The molecule has 0 aliphatic heterocycles. The van der Waals surface area contributed by atoms with Gasteiger partial charge in [0, 0.05) is 20.4 Å². The number of hydrogen-bond donors (Lipinski definition) is 0. The molecule has 0 aromatic rings. The maximum Gasteiger partial charge on any atom is 4.00 e. The predicted molar refractivity (Wildman–Crippen MR) is 192 cm³/mol. The van der Waals surface area contributed by atoms with Crippen LogP contribution in [0.3, 0.4) is 0 Å². The summed E-state index contributed by atoms with van der Waals surface area (Å²) in [5, 5.41) is 0. The smallest absolute Gasteiger partial charge is 2.00 e. The van der Waals surface area contributed by atoms with E-state index in [9.17, 15) is 25.2 Å². The summed E-state index contributed by atoms with van der Waals surface area (Å²) >= 11 is 0. The molecule has 3 aliphatic carbocycles. The quantitative estimate of drug-likeness (QED) is 0.129. The van der Waals surface area contributed by atoms with E-state index in [4.69, 9.17) is 0 Å². The van der Waals surface area contributed by atoms with E-state index in [-0.39, 0.29) is 138 Å². The molecule has 3 saturated carbocycles. The van der Waals surface area contributed by atoms with Crippen molar-refractivity contribution in [2.45, 2.75) is 104 Å². The SMILES string of the molecule is C[C]1[C](C)[C](C)[C](C)[C]1C.C[C]1[C](C)[C](C)[C](C)[C]1C.C[C]1[C](C)[C](C)[C](C)[C]1C.F[P-](F)(F)(F)(F)F.[CH2][CH][CH2].[Mo+3].[Mo+3].[Mo+4].[Pd].[S-2].[S-2].[S-2].[S-2]. The van der Waals surface area contributed by atoms with E-state index >= 15 is 0 Å². The van der Waals surface area contributed by atoms with Gasteiger partial charge < -0.3 is 54.0 Å². The average molecular weight is 1110 g/mol. The van der Waals surface area contributed by atoms with Crippen LogP contribution in [0.1, 0.15) is 104 Å². The van der Waals surface area contributed by atoms with Crippen molar-refractivity contribution in [1.82, 2.24) is 0 Å². The van der Waals surface area contributed by atoms with Gasteiger partial charge in [0.1, 0.15) is 0 Å². The van der Waals surface area contributed by atoms with Crippen molar-refractivity contribution in [2.75, 3.05) is 0 Å². The molecule has 0 amide bonds. The summed E-state index contributed by atoms with van der Waals surface area (Å²) in [4.78, 5) is 0. The first kappa shape index (κ1) is 76.8. The summed E-state index contributed by atoms with van der Waals surface area (Å²) in [5.74, 6) is 22.0. The molecule has 3 fully saturated rings. The second-order valence-electron chi connectivity index (χ2n) is 10.6. The van der Waals surface area contributed by atoms with Crippen LogP contribution in [0.5, 0.6) is 0 Å². The molecule has 20 radical (unpaired) electrons. The number of rotatable bonds is 0. The van der Waals surface area contributed by atoms with Crippen molar-refractivity contribution in [2.24, 2.45) is 0 Å². The molecule has 3 rings (SSSR count). The van der Waals surface area contributed by atoms with E-state index in [1.807, 2.05) is 0 Å². The second-order valence-corrected chi connectivity index (χ2v) is 12.5. The number of halogens is 6. The molecule has 0 aromatic carbocycles. The molecular weight excluding hydrogens is 1060 g/mol. The molecule has 0 unspecified atom stereocenters. The Hall–Kier alpha value is 4.14. The van der Waals surface area contributed by atoms with Gasteiger partial charge in [0.2, 0.25) is 0 Å². The monoisotopic (exact) mass is 1120 g/mol. The molecule has 0 aromatic heterocycles. The molecule has 0 spiro atoms. The maximum atomic E-state index is 9.87. The van der Waals surface area contributed by atoms with Gasteiger partial charge in [0.05, 0.1) is 0 Å². The molecular formula is C33H50F6Mo3PPdS4+. The molecule has 280 valence electrons. The first-order valence-electron chi connectivity index (χ1n) is 13.1. The second kappa shape index (κ2) is 30.3. The van der Waals surface area contributed by atoms with Gasteiger partial charge in [-0.2, -0.15) is 0 Å². The van der Waals surface area contributed by atoms with Crippen LogP contribution < -0.4 is 0 Å². The Balaban J connectivity index is -0.0000000466. The van der Waals surface area contributed by atoms with Gasteiger partial charge in [-0.3, -0.25) is 0 Å². The summed E-state index contributed by atoms with van der Waals surface area (Å²) < 4.78 is 59.2. The Kier molecular flexibility index (Phi) is 48.5. The summed E-state index contributed by atoms with van der Waals surface area (Å²) in [7, 11) is -10.7.